The summed E-state index contributed by atoms with van der Waals surface area (Å²) in [6.45, 7) is 14.4. The summed E-state index contributed by atoms with van der Waals surface area (Å²) in [6, 6.07) is 0. The smallest absolute Gasteiger partial charge is 0.382 e. The fraction of sp³-hybridized carbons (Fsp3) is 1.00. The molecule has 0 aliphatic carbocycles. The van der Waals surface area contributed by atoms with Crippen molar-refractivity contribution in [2.45, 2.75) is 124 Å². The van der Waals surface area contributed by atoms with Gasteiger partial charge in [0.25, 0.3) is 0 Å². The van der Waals surface area contributed by atoms with Crippen molar-refractivity contribution in [3.63, 3.8) is 0 Å². The highest BCUT2D eigenvalue weighted by atomic mass is 127. The van der Waals surface area contributed by atoms with Gasteiger partial charge in [0.2, 0.25) is 0 Å². The van der Waals surface area contributed by atoms with Gasteiger partial charge < -0.3 is 29.2 Å². The van der Waals surface area contributed by atoms with E-state index in [-0.39, 0.29) is 1.43 Å². The molecule has 0 radical (unpaired) electrons. The molecule has 0 bridgehead atoms. The minimum absolute atomic E-state index is 0. The number of ether oxygens (including phenoxy) is 4. The molecule has 0 saturated carbocycles. The SMILES string of the molecule is CC(I)I.CCI.CC[C@H]1OC(O)[C@](C)(O)[C@H]1F.CC[C@H]1O[C@@H]2OC(C)(C)O[C@]2(C)[C@H]1F.[H+]. The predicted octanol–water partition coefficient (Wildman–Crippen LogP) is 5.96. The Morgan fingerprint density at radius 1 is 0.969 bits per heavy atom. The molecule has 0 aromatic rings. The summed E-state index contributed by atoms with van der Waals surface area (Å²) in [5.41, 5.74) is -2.69. The molecule has 3 aliphatic heterocycles. The third-order valence-corrected chi connectivity index (χ3v) is 4.99. The van der Waals surface area contributed by atoms with Crippen molar-refractivity contribution >= 4 is 67.8 Å². The molecule has 3 fully saturated rings. The second-order valence-corrected chi connectivity index (χ2v) is 16.1. The van der Waals surface area contributed by atoms with E-state index in [9.17, 15) is 13.9 Å². The van der Waals surface area contributed by atoms with Gasteiger partial charge in [-0.15, -0.1) is 0 Å². The maximum absolute atomic E-state index is 13.9. The van der Waals surface area contributed by atoms with Crippen molar-refractivity contribution in [1.82, 2.24) is 0 Å². The van der Waals surface area contributed by atoms with Gasteiger partial charge in [0.15, 0.2) is 36.3 Å². The number of aliphatic hydroxyl groups excluding tert-OH is 1. The molecule has 1 unspecified atom stereocenters. The zero-order chi connectivity index (χ0) is 25.5. The first-order valence-electron chi connectivity index (χ1n) is 10.7. The monoisotopic (exact) mass is 807 g/mol. The predicted molar refractivity (Wildman–Crippen MR) is 148 cm³/mol. The number of alkyl halides is 5. The Bertz CT molecular complexity index is 547. The molecule has 11 heteroatoms. The van der Waals surface area contributed by atoms with Crippen LogP contribution in [0.3, 0.4) is 0 Å². The Labute approximate surface area is 234 Å². The minimum Gasteiger partial charge on any atom is -0.382 e. The van der Waals surface area contributed by atoms with Gasteiger partial charge in [-0.3, -0.25) is 0 Å². The lowest BCUT2D eigenvalue weighted by atomic mass is 9.98. The third kappa shape index (κ3) is 9.36. The summed E-state index contributed by atoms with van der Waals surface area (Å²) in [6.07, 6.45) is -4.57. The van der Waals surface area contributed by atoms with E-state index >= 15 is 0 Å². The summed E-state index contributed by atoms with van der Waals surface area (Å²) in [5.74, 6) is -0.748. The zero-order valence-corrected chi connectivity index (χ0v) is 26.6. The highest BCUT2D eigenvalue weighted by Gasteiger charge is 2.63. The Morgan fingerprint density at radius 3 is 1.66 bits per heavy atom. The molecule has 6 nitrogen and oxygen atoms in total. The van der Waals surface area contributed by atoms with Crippen LogP contribution in [0.4, 0.5) is 8.78 Å². The van der Waals surface area contributed by atoms with Crippen LogP contribution in [0.15, 0.2) is 0 Å². The number of aliphatic hydroxyl groups is 2. The number of hydrogen-bond donors (Lipinski definition) is 2. The van der Waals surface area contributed by atoms with E-state index in [4.69, 9.17) is 24.1 Å². The molecular weight excluding hydrogens is 767 g/mol. The van der Waals surface area contributed by atoms with Crippen LogP contribution in [0.5, 0.6) is 0 Å². The van der Waals surface area contributed by atoms with Crippen LogP contribution in [0.2, 0.25) is 0 Å². The quantitative estimate of drug-likeness (QED) is 0.265. The van der Waals surface area contributed by atoms with E-state index in [0.29, 0.717) is 12.8 Å². The fourth-order valence-corrected chi connectivity index (χ4v) is 3.41. The van der Waals surface area contributed by atoms with Gasteiger partial charge >= 0.3 is 1.43 Å². The van der Waals surface area contributed by atoms with E-state index in [1.807, 2.05) is 6.92 Å². The first-order chi connectivity index (χ1) is 14.5. The van der Waals surface area contributed by atoms with E-state index in [1.165, 1.54) is 11.4 Å². The van der Waals surface area contributed by atoms with Crippen molar-refractivity contribution in [3.8, 4) is 0 Å². The number of halogens is 5. The topological polar surface area (TPSA) is 77.4 Å². The minimum atomic E-state index is -1.75. The van der Waals surface area contributed by atoms with E-state index < -0.39 is 54.1 Å². The molecule has 3 heterocycles. The Morgan fingerprint density at radius 2 is 1.38 bits per heavy atom. The standard InChI is InChI=1S/C10H17FO3.C7H13FO3.C2H4I2.C2H5I/c1-5-6-7(11)10(4)8(12-6)13-9(2,3)14-10;1-3-4-5(8)7(2,10)6(9)11-4;1-2(3)4;1-2-3/h6-8H,5H2,1-4H3;4-6,9-10H,3H2,1-2H3;2H,1H3;2H2,1H3/p+1/t6-,7+,8-,10-;4-,5+,6?,7-;;/m11../s1. The Balaban J connectivity index is 0. The van der Waals surface area contributed by atoms with Gasteiger partial charge in [0.1, 0.15) is 5.60 Å². The highest BCUT2D eigenvalue weighted by Crippen LogP contribution is 2.47. The van der Waals surface area contributed by atoms with Crippen molar-refractivity contribution in [3.05, 3.63) is 0 Å². The maximum Gasteiger partial charge on any atom is 1.00 e. The van der Waals surface area contributed by atoms with Crippen LogP contribution in [0.25, 0.3) is 0 Å². The largest absolute Gasteiger partial charge is 1.00 e. The van der Waals surface area contributed by atoms with Crippen molar-refractivity contribution in [2.24, 2.45) is 0 Å². The van der Waals surface area contributed by atoms with Crippen LogP contribution in [-0.2, 0) is 18.9 Å². The molecule has 2 N–H and O–H groups in total. The Hall–Kier alpha value is 1.81. The van der Waals surface area contributed by atoms with Gasteiger partial charge in [0, 0.05) is 0 Å². The number of fused-ring (bicyclic) bond motifs is 1. The number of rotatable bonds is 2. The highest BCUT2D eigenvalue weighted by molar-refractivity contribution is 14.2. The van der Waals surface area contributed by atoms with Crippen molar-refractivity contribution < 1.29 is 39.4 Å². The molecule has 0 amide bonds. The summed E-state index contributed by atoms with van der Waals surface area (Å²) >= 11 is 6.95. The third-order valence-electron chi connectivity index (χ3n) is 4.99. The summed E-state index contributed by atoms with van der Waals surface area (Å²) < 4.78 is 50.3. The average Bonchev–Trinajstić information content (AvgIpc) is 3.12. The molecule has 32 heavy (non-hydrogen) atoms. The van der Waals surface area contributed by atoms with Gasteiger partial charge in [-0.1, -0.05) is 88.5 Å². The van der Waals surface area contributed by atoms with Crippen LogP contribution in [0.1, 0.15) is 69.7 Å². The van der Waals surface area contributed by atoms with E-state index in [1.54, 1.807) is 27.7 Å². The summed E-state index contributed by atoms with van der Waals surface area (Å²) in [5, 5.41) is 18.3. The van der Waals surface area contributed by atoms with Gasteiger partial charge in [-0.25, -0.2) is 8.78 Å². The number of hydrogen-bond acceptors (Lipinski definition) is 6. The lowest BCUT2D eigenvalue weighted by Crippen LogP contribution is -2.42. The first-order valence-corrected chi connectivity index (χ1v) is 14.8. The summed E-state index contributed by atoms with van der Waals surface area (Å²) in [4.78, 5) is 0. The van der Waals surface area contributed by atoms with Gasteiger partial charge in [-0.05, 0) is 51.9 Å². The van der Waals surface area contributed by atoms with E-state index in [2.05, 4.69) is 81.6 Å². The average molecular weight is 807 g/mol. The molecule has 0 aromatic heterocycles. The second kappa shape index (κ2) is 14.5. The summed E-state index contributed by atoms with van der Waals surface area (Å²) in [7, 11) is 0. The van der Waals surface area contributed by atoms with Crippen LogP contribution < -0.4 is 0 Å². The van der Waals surface area contributed by atoms with Crippen LogP contribution in [-0.4, -0.2) is 70.7 Å². The molecular formula is C21H40F2I3O6+. The van der Waals surface area contributed by atoms with E-state index in [0.717, 1.165) is 1.93 Å². The van der Waals surface area contributed by atoms with Crippen LogP contribution in [0, 0.1) is 0 Å². The molecule has 8 atom stereocenters. The maximum atomic E-state index is 13.9. The molecule has 3 aliphatic rings. The fourth-order valence-electron chi connectivity index (χ4n) is 3.41. The van der Waals surface area contributed by atoms with Crippen molar-refractivity contribution in [2.75, 3.05) is 4.43 Å². The molecule has 194 valence electrons. The van der Waals surface area contributed by atoms with Gasteiger partial charge in [0.05, 0.1) is 14.1 Å². The second-order valence-electron chi connectivity index (χ2n) is 8.47. The molecule has 0 aromatic carbocycles. The van der Waals surface area contributed by atoms with Crippen LogP contribution >= 0.6 is 67.8 Å². The molecule has 0 spiro atoms. The first kappa shape index (κ1) is 33.8. The van der Waals surface area contributed by atoms with Crippen molar-refractivity contribution in [1.29, 1.82) is 0 Å². The molecule has 3 saturated heterocycles. The molecule has 3 rings (SSSR count). The lowest BCUT2D eigenvalue weighted by molar-refractivity contribution is -0.214. The zero-order valence-electron chi connectivity index (χ0n) is 21.1. The van der Waals surface area contributed by atoms with Gasteiger partial charge in [-0.2, -0.15) is 0 Å². The Kier molecular flexibility index (Phi) is 15.3. The lowest BCUT2D eigenvalue weighted by Gasteiger charge is -2.26. The normalized spacial score (nSPS) is 41.6.